The molecule has 1 aliphatic rings. The summed E-state index contributed by atoms with van der Waals surface area (Å²) in [5.41, 5.74) is 1.84. The Labute approximate surface area is 115 Å². The van der Waals surface area contributed by atoms with Crippen molar-refractivity contribution in [3.05, 3.63) is 44.9 Å². The standard InChI is InChI=1S/C13H15ClN4O/c1-8-5-10(17(2)16-8)7-18-12(19)6-11(14)15-13(18)9-3-4-9/h5-6,9H,3-4,7H2,1-2H3. The number of halogens is 1. The van der Waals surface area contributed by atoms with E-state index in [0.717, 1.165) is 30.1 Å². The summed E-state index contributed by atoms with van der Waals surface area (Å²) >= 11 is 5.89. The second kappa shape index (κ2) is 4.49. The second-order valence-electron chi connectivity index (χ2n) is 5.04. The molecule has 0 bridgehead atoms. The van der Waals surface area contributed by atoms with E-state index in [2.05, 4.69) is 10.1 Å². The Balaban J connectivity index is 2.04. The van der Waals surface area contributed by atoms with Gasteiger partial charge in [-0.05, 0) is 25.8 Å². The van der Waals surface area contributed by atoms with Crippen LogP contribution in [-0.2, 0) is 13.6 Å². The van der Waals surface area contributed by atoms with Crippen molar-refractivity contribution in [1.29, 1.82) is 0 Å². The van der Waals surface area contributed by atoms with Crippen LogP contribution in [0.1, 0.15) is 36.0 Å². The Hall–Kier alpha value is -1.62. The highest BCUT2D eigenvalue weighted by Gasteiger charge is 2.29. The molecule has 0 radical (unpaired) electrons. The van der Waals surface area contributed by atoms with E-state index in [0.29, 0.717) is 12.5 Å². The van der Waals surface area contributed by atoms with Gasteiger partial charge in [-0.1, -0.05) is 11.6 Å². The van der Waals surface area contributed by atoms with Crippen LogP contribution in [0.25, 0.3) is 0 Å². The van der Waals surface area contributed by atoms with Crippen LogP contribution in [0.2, 0.25) is 5.15 Å². The maximum Gasteiger partial charge on any atom is 0.255 e. The van der Waals surface area contributed by atoms with E-state index in [1.165, 1.54) is 6.07 Å². The van der Waals surface area contributed by atoms with Crippen molar-refractivity contribution in [2.75, 3.05) is 0 Å². The van der Waals surface area contributed by atoms with Gasteiger partial charge in [0.1, 0.15) is 11.0 Å². The van der Waals surface area contributed by atoms with E-state index < -0.39 is 0 Å². The van der Waals surface area contributed by atoms with Crippen molar-refractivity contribution < 1.29 is 0 Å². The number of rotatable bonds is 3. The molecule has 1 saturated carbocycles. The maximum atomic E-state index is 12.1. The van der Waals surface area contributed by atoms with E-state index >= 15 is 0 Å². The quantitative estimate of drug-likeness (QED) is 0.806. The zero-order valence-electron chi connectivity index (χ0n) is 10.9. The first-order chi connectivity index (χ1) is 9.04. The maximum absolute atomic E-state index is 12.1. The summed E-state index contributed by atoms with van der Waals surface area (Å²) in [4.78, 5) is 16.5. The van der Waals surface area contributed by atoms with Crippen LogP contribution in [0.3, 0.4) is 0 Å². The van der Waals surface area contributed by atoms with Crippen LogP contribution >= 0.6 is 11.6 Å². The Kier molecular flexibility index (Phi) is 2.93. The minimum atomic E-state index is -0.0965. The van der Waals surface area contributed by atoms with E-state index in [1.54, 1.807) is 9.25 Å². The zero-order valence-corrected chi connectivity index (χ0v) is 11.7. The van der Waals surface area contributed by atoms with Crippen LogP contribution in [0.4, 0.5) is 0 Å². The van der Waals surface area contributed by atoms with Gasteiger partial charge < -0.3 is 0 Å². The lowest BCUT2D eigenvalue weighted by Crippen LogP contribution is -2.25. The predicted molar refractivity (Wildman–Crippen MR) is 72.5 cm³/mol. The molecule has 0 aliphatic heterocycles. The van der Waals surface area contributed by atoms with Crippen molar-refractivity contribution in [2.45, 2.75) is 32.2 Å². The molecule has 100 valence electrons. The molecule has 0 aromatic carbocycles. The second-order valence-corrected chi connectivity index (χ2v) is 5.42. The van der Waals surface area contributed by atoms with Gasteiger partial charge >= 0.3 is 0 Å². The van der Waals surface area contributed by atoms with E-state index in [1.807, 2.05) is 20.0 Å². The van der Waals surface area contributed by atoms with Crippen LogP contribution in [-0.4, -0.2) is 19.3 Å². The highest BCUT2D eigenvalue weighted by molar-refractivity contribution is 6.29. The summed E-state index contributed by atoms with van der Waals surface area (Å²) in [6.45, 7) is 2.43. The van der Waals surface area contributed by atoms with E-state index in [4.69, 9.17) is 11.6 Å². The molecule has 2 aromatic rings. The lowest BCUT2D eigenvalue weighted by Gasteiger charge is -2.11. The highest BCUT2D eigenvalue weighted by atomic mass is 35.5. The number of hydrogen-bond donors (Lipinski definition) is 0. The molecule has 19 heavy (non-hydrogen) atoms. The Morgan fingerprint density at radius 1 is 1.42 bits per heavy atom. The first-order valence-corrected chi connectivity index (χ1v) is 6.69. The van der Waals surface area contributed by atoms with Gasteiger partial charge in [0.2, 0.25) is 0 Å². The van der Waals surface area contributed by atoms with Gasteiger partial charge in [0.05, 0.1) is 17.9 Å². The van der Waals surface area contributed by atoms with Gasteiger partial charge in [-0.3, -0.25) is 14.0 Å². The molecule has 1 aliphatic carbocycles. The third-order valence-electron chi connectivity index (χ3n) is 3.37. The monoisotopic (exact) mass is 278 g/mol. The topological polar surface area (TPSA) is 52.7 Å². The van der Waals surface area contributed by atoms with Gasteiger partial charge in [0, 0.05) is 19.0 Å². The fraction of sp³-hybridized carbons (Fsp3) is 0.462. The highest BCUT2D eigenvalue weighted by Crippen LogP contribution is 2.38. The number of hydrogen-bond acceptors (Lipinski definition) is 3. The first-order valence-electron chi connectivity index (χ1n) is 6.31. The third kappa shape index (κ3) is 2.42. The molecule has 2 aromatic heterocycles. The first kappa shape index (κ1) is 12.4. The van der Waals surface area contributed by atoms with Crippen LogP contribution < -0.4 is 5.56 Å². The molecule has 0 atom stereocenters. The molecule has 5 nitrogen and oxygen atoms in total. The van der Waals surface area contributed by atoms with Gasteiger partial charge in [-0.25, -0.2) is 4.98 Å². The Bertz CT molecular complexity index is 684. The molecule has 1 fully saturated rings. The summed E-state index contributed by atoms with van der Waals surface area (Å²) in [7, 11) is 1.88. The van der Waals surface area contributed by atoms with Gasteiger partial charge in [0.25, 0.3) is 5.56 Å². The lowest BCUT2D eigenvalue weighted by molar-refractivity contribution is 0.614. The minimum absolute atomic E-state index is 0.0965. The normalized spacial score (nSPS) is 14.9. The van der Waals surface area contributed by atoms with E-state index in [-0.39, 0.29) is 10.7 Å². The molecular formula is C13H15ClN4O. The average Bonchev–Trinajstić information content (AvgIpc) is 3.10. The van der Waals surface area contributed by atoms with Crippen LogP contribution in [0.5, 0.6) is 0 Å². The molecule has 0 saturated heterocycles. The molecule has 2 heterocycles. The number of nitrogens with zero attached hydrogens (tertiary/aromatic N) is 4. The average molecular weight is 279 g/mol. The smallest absolute Gasteiger partial charge is 0.255 e. The van der Waals surface area contributed by atoms with Crippen molar-refractivity contribution in [1.82, 2.24) is 19.3 Å². The van der Waals surface area contributed by atoms with Crippen LogP contribution in [0, 0.1) is 6.92 Å². The Morgan fingerprint density at radius 2 is 2.16 bits per heavy atom. The van der Waals surface area contributed by atoms with E-state index in [9.17, 15) is 4.79 Å². The fourth-order valence-electron chi connectivity index (χ4n) is 2.28. The number of aromatic nitrogens is 4. The third-order valence-corrected chi connectivity index (χ3v) is 3.56. The number of aryl methyl sites for hydroxylation is 2. The molecule has 0 spiro atoms. The summed E-state index contributed by atoms with van der Waals surface area (Å²) in [6.07, 6.45) is 2.16. The Morgan fingerprint density at radius 3 is 2.74 bits per heavy atom. The zero-order chi connectivity index (χ0) is 13.6. The molecule has 0 amide bonds. The summed E-state index contributed by atoms with van der Waals surface area (Å²) in [5.74, 6) is 1.18. The van der Waals surface area contributed by atoms with Crippen molar-refractivity contribution >= 4 is 11.6 Å². The van der Waals surface area contributed by atoms with Gasteiger partial charge in [0.15, 0.2) is 0 Å². The predicted octanol–water partition coefficient (Wildman–Crippen LogP) is 1.86. The largest absolute Gasteiger partial charge is 0.290 e. The summed E-state index contributed by atoms with van der Waals surface area (Å²) < 4.78 is 3.51. The van der Waals surface area contributed by atoms with Gasteiger partial charge in [-0.2, -0.15) is 5.10 Å². The molecule has 6 heteroatoms. The fourth-order valence-corrected chi connectivity index (χ4v) is 2.46. The SMILES string of the molecule is Cc1cc(Cn2c(C3CC3)nc(Cl)cc2=O)n(C)n1. The van der Waals surface area contributed by atoms with Crippen LogP contribution in [0.15, 0.2) is 16.9 Å². The molecular weight excluding hydrogens is 264 g/mol. The summed E-state index contributed by atoms with van der Waals surface area (Å²) in [6, 6.07) is 3.36. The molecule has 0 N–H and O–H groups in total. The molecule has 0 unspecified atom stereocenters. The van der Waals surface area contributed by atoms with Crippen molar-refractivity contribution in [3.8, 4) is 0 Å². The summed E-state index contributed by atoms with van der Waals surface area (Å²) in [5, 5.41) is 4.58. The van der Waals surface area contributed by atoms with Crippen molar-refractivity contribution in [2.24, 2.45) is 7.05 Å². The minimum Gasteiger partial charge on any atom is -0.290 e. The van der Waals surface area contributed by atoms with Gasteiger partial charge in [-0.15, -0.1) is 0 Å². The lowest BCUT2D eigenvalue weighted by atomic mass is 10.3. The van der Waals surface area contributed by atoms with Crippen molar-refractivity contribution in [3.63, 3.8) is 0 Å². The molecule has 3 rings (SSSR count).